The quantitative estimate of drug-likeness (QED) is 0.714. The Morgan fingerprint density at radius 1 is 1.04 bits per heavy atom. The third-order valence-electron chi connectivity index (χ3n) is 4.02. The number of carbonyl (C=O) groups is 1. The number of nitrogens with zero attached hydrogens (tertiary/aromatic N) is 3. The average molecular weight is 355 g/mol. The van der Waals surface area contributed by atoms with Gasteiger partial charge < -0.3 is 15.5 Å². The van der Waals surface area contributed by atoms with E-state index in [4.69, 9.17) is 0 Å². The summed E-state index contributed by atoms with van der Waals surface area (Å²) < 4.78 is 0. The van der Waals surface area contributed by atoms with Crippen LogP contribution in [0.4, 0.5) is 17.3 Å². The van der Waals surface area contributed by atoms with Gasteiger partial charge in [0.1, 0.15) is 0 Å². The molecule has 0 aliphatic heterocycles. The van der Waals surface area contributed by atoms with Gasteiger partial charge in [-0.25, -0.2) is 9.97 Å². The number of unbranched alkanes of at least 4 members (excludes halogenated alkanes) is 1. The third-order valence-corrected chi connectivity index (χ3v) is 4.02. The zero-order chi connectivity index (χ0) is 18.9. The Morgan fingerprint density at radius 2 is 1.65 bits per heavy atom. The van der Waals surface area contributed by atoms with Gasteiger partial charge in [0.2, 0.25) is 11.9 Å². The average Bonchev–Trinajstić information content (AvgIpc) is 2.59. The van der Waals surface area contributed by atoms with Crippen molar-refractivity contribution in [1.29, 1.82) is 0 Å². The Labute approximate surface area is 156 Å². The van der Waals surface area contributed by atoms with E-state index >= 15 is 0 Å². The molecule has 6 heteroatoms. The predicted molar refractivity (Wildman–Crippen MR) is 107 cm³/mol. The van der Waals surface area contributed by atoms with Gasteiger partial charge in [0.25, 0.3) is 0 Å². The molecule has 0 spiro atoms. The summed E-state index contributed by atoms with van der Waals surface area (Å²) in [4.78, 5) is 23.0. The molecule has 1 heterocycles. The fraction of sp³-hybridized carbons (Fsp3) is 0.450. The van der Waals surface area contributed by atoms with Gasteiger partial charge in [-0.15, -0.1) is 0 Å². The number of amides is 1. The number of carbonyl (C=O) groups excluding carboxylic acids is 1. The molecular weight excluding hydrogens is 326 g/mol. The highest BCUT2D eigenvalue weighted by Gasteiger charge is 2.06. The summed E-state index contributed by atoms with van der Waals surface area (Å²) in [7, 11) is 2.05. The summed E-state index contributed by atoms with van der Waals surface area (Å²) in [6.07, 6.45) is 2.83. The summed E-state index contributed by atoms with van der Waals surface area (Å²) in [6, 6.07) is 9.50. The molecule has 0 aliphatic carbocycles. The second kappa shape index (κ2) is 9.87. The number of rotatable bonds is 9. The van der Waals surface area contributed by atoms with Gasteiger partial charge in [-0.1, -0.05) is 13.3 Å². The second-order valence-corrected chi connectivity index (χ2v) is 6.63. The number of aryl methyl sites for hydroxylation is 2. The van der Waals surface area contributed by atoms with Crippen LogP contribution in [-0.2, 0) is 4.79 Å². The molecule has 1 aromatic carbocycles. The minimum absolute atomic E-state index is 0.0340. The second-order valence-electron chi connectivity index (χ2n) is 6.63. The molecule has 6 nitrogen and oxygen atoms in total. The summed E-state index contributed by atoms with van der Waals surface area (Å²) in [6.45, 7) is 7.86. The predicted octanol–water partition coefficient (Wildman–Crippen LogP) is 3.90. The minimum Gasteiger partial charge on any atom is -0.326 e. The van der Waals surface area contributed by atoms with E-state index in [2.05, 4.69) is 39.5 Å². The number of anilines is 3. The molecule has 2 rings (SSSR count). The largest absolute Gasteiger partial charge is 0.326 e. The van der Waals surface area contributed by atoms with E-state index in [0.29, 0.717) is 12.4 Å². The minimum atomic E-state index is 0.0340. The fourth-order valence-corrected chi connectivity index (χ4v) is 2.60. The molecule has 0 saturated heterocycles. The van der Waals surface area contributed by atoms with Crippen LogP contribution >= 0.6 is 0 Å². The van der Waals surface area contributed by atoms with E-state index in [-0.39, 0.29) is 5.91 Å². The summed E-state index contributed by atoms with van der Waals surface area (Å²) in [5.74, 6) is 0.612. The highest BCUT2D eigenvalue weighted by Crippen LogP contribution is 2.17. The molecular formula is C20H29N5O. The van der Waals surface area contributed by atoms with E-state index in [9.17, 15) is 4.79 Å². The first kappa shape index (κ1) is 19.8. The van der Waals surface area contributed by atoms with Crippen LogP contribution in [0.2, 0.25) is 0 Å². The lowest BCUT2D eigenvalue weighted by Crippen LogP contribution is -2.25. The Kier molecular flexibility index (Phi) is 7.53. The van der Waals surface area contributed by atoms with Crippen molar-refractivity contribution in [2.24, 2.45) is 0 Å². The van der Waals surface area contributed by atoms with Crippen molar-refractivity contribution in [3.8, 4) is 0 Å². The third kappa shape index (κ3) is 6.80. The fourth-order valence-electron chi connectivity index (χ4n) is 2.60. The van der Waals surface area contributed by atoms with Crippen molar-refractivity contribution in [2.75, 3.05) is 30.8 Å². The molecule has 0 unspecified atom stereocenters. The Balaban J connectivity index is 1.84. The number of nitrogens with one attached hydrogen (secondary N) is 2. The van der Waals surface area contributed by atoms with Gasteiger partial charge in [0.05, 0.1) is 0 Å². The molecule has 0 radical (unpaired) electrons. The number of benzene rings is 1. The van der Waals surface area contributed by atoms with Crippen LogP contribution < -0.4 is 10.6 Å². The normalized spacial score (nSPS) is 10.8. The lowest BCUT2D eigenvalue weighted by molar-refractivity contribution is -0.116. The van der Waals surface area contributed by atoms with Crippen LogP contribution in [0.3, 0.4) is 0 Å². The molecule has 0 saturated carbocycles. The van der Waals surface area contributed by atoms with Crippen LogP contribution in [0, 0.1) is 13.8 Å². The Bertz CT molecular complexity index is 694. The molecule has 2 aromatic rings. The smallest absolute Gasteiger partial charge is 0.227 e. The monoisotopic (exact) mass is 355 g/mol. The highest BCUT2D eigenvalue weighted by atomic mass is 16.1. The van der Waals surface area contributed by atoms with Gasteiger partial charge in [-0.3, -0.25) is 4.79 Å². The van der Waals surface area contributed by atoms with Crippen molar-refractivity contribution in [3.63, 3.8) is 0 Å². The van der Waals surface area contributed by atoms with Gasteiger partial charge in [0, 0.05) is 35.7 Å². The first-order valence-corrected chi connectivity index (χ1v) is 9.14. The van der Waals surface area contributed by atoms with Crippen molar-refractivity contribution in [3.05, 3.63) is 41.7 Å². The standard InChI is InChI=1S/C20H29N5O/c1-5-6-12-25(4)13-11-19(26)23-17-7-9-18(10-8-17)24-20-21-15(2)14-16(3)22-20/h7-10,14H,5-6,11-13H2,1-4H3,(H,23,26)(H,21,22,24). The lowest BCUT2D eigenvalue weighted by atomic mass is 10.2. The molecule has 0 fully saturated rings. The molecule has 1 aromatic heterocycles. The first-order chi connectivity index (χ1) is 12.5. The van der Waals surface area contributed by atoms with E-state index < -0.39 is 0 Å². The van der Waals surface area contributed by atoms with E-state index in [1.54, 1.807) is 0 Å². The van der Waals surface area contributed by atoms with E-state index in [1.807, 2.05) is 44.2 Å². The maximum atomic E-state index is 12.1. The summed E-state index contributed by atoms with van der Waals surface area (Å²) in [5, 5.41) is 6.12. The van der Waals surface area contributed by atoms with Gasteiger partial charge in [0.15, 0.2) is 0 Å². The van der Waals surface area contributed by atoms with E-state index in [0.717, 1.165) is 42.3 Å². The van der Waals surface area contributed by atoms with Crippen molar-refractivity contribution < 1.29 is 4.79 Å². The Hall–Kier alpha value is -2.47. The van der Waals surface area contributed by atoms with E-state index in [1.165, 1.54) is 6.42 Å². The van der Waals surface area contributed by atoms with Crippen LogP contribution in [0.15, 0.2) is 30.3 Å². The van der Waals surface area contributed by atoms with Crippen molar-refractivity contribution >= 4 is 23.2 Å². The topological polar surface area (TPSA) is 70.2 Å². The van der Waals surface area contributed by atoms with Crippen molar-refractivity contribution in [1.82, 2.24) is 14.9 Å². The number of hydrogen-bond acceptors (Lipinski definition) is 5. The van der Waals surface area contributed by atoms with Crippen LogP contribution in [-0.4, -0.2) is 40.9 Å². The van der Waals surface area contributed by atoms with Crippen molar-refractivity contribution in [2.45, 2.75) is 40.0 Å². The summed E-state index contributed by atoms with van der Waals surface area (Å²) >= 11 is 0. The molecule has 140 valence electrons. The zero-order valence-electron chi connectivity index (χ0n) is 16.2. The Morgan fingerprint density at radius 3 is 2.27 bits per heavy atom. The zero-order valence-corrected chi connectivity index (χ0v) is 16.2. The van der Waals surface area contributed by atoms with Crippen LogP contribution in [0.5, 0.6) is 0 Å². The molecule has 0 bridgehead atoms. The molecule has 0 atom stereocenters. The number of aromatic nitrogens is 2. The number of hydrogen-bond donors (Lipinski definition) is 2. The maximum Gasteiger partial charge on any atom is 0.227 e. The lowest BCUT2D eigenvalue weighted by Gasteiger charge is -2.15. The first-order valence-electron chi connectivity index (χ1n) is 9.14. The van der Waals surface area contributed by atoms with Gasteiger partial charge >= 0.3 is 0 Å². The maximum absolute atomic E-state index is 12.1. The SMILES string of the molecule is CCCCN(C)CCC(=O)Nc1ccc(Nc2nc(C)cc(C)n2)cc1. The van der Waals surface area contributed by atoms with Crippen LogP contribution in [0.25, 0.3) is 0 Å². The van der Waals surface area contributed by atoms with Crippen LogP contribution in [0.1, 0.15) is 37.6 Å². The van der Waals surface area contributed by atoms with Gasteiger partial charge in [-0.2, -0.15) is 0 Å². The summed E-state index contributed by atoms with van der Waals surface area (Å²) in [5.41, 5.74) is 3.52. The highest BCUT2D eigenvalue weighted by molar-refractivity contribution is 5.91. The molecule has 1 amide bonds. The van der Waals surface area contributed by atoms with Gasteiger partial charge in [-0.05, 0) is 64.2 Å². The molecule has 26 heavy (non-hydrogen) atoms. The molecule has 2 N–H and O–H groups in total. The molecule has 0 aliphatic rings.